The second kappa shape index (κ2) is 7.32. The molecule has 2 heterocycles. The Kier molecular flexibility index (Phi) is 4.76. The molecule has 0 saturated carbocycles. The van der Waals surface area contributed by atoms with Crippen molar-refractivity contribution in [3.63, 3.8) is 0 Å². The molecular weight excluding hydrogens is 306 g/mol. The largest absolute Gasteiger partial charge is 0.508 e. The summed E-state index contributed by atoms with van der Waals surface area (Å²) in [7, 11) is 0. The van der Waals surface area contributed by atoms with Gasteiger partial charge in [0.25, 0.3) is 0 Å². The summed E-state index contributed by atoms with van der Waals surface area (Å²) in [6.07, 6.45) is 4.81. The molecule has 2 N–H and O–H groups in total. The monoisotopic (exact) mass is 323 g/mol. The maximum absolute atomic E-state index is 12.6. The van der Waals surface area contributed by atoms with E-state index in [1.165, 1.54) is 0 Å². The van der Waals surface area contributed by atoms with Crippen LogP contribution in [-0.4, -0.2) is 21.0 Å². The molecule has 0 aliphatic carbocycles. The molecule has 0 saturated heterocycles. The van der Waals surface area contributed by atoms with Gasteiger partial charge in [0, 0.05) is 24.6 Å². The maximum atomic E-state index is 12.6. The molecule has 0 unspecified atom stereocenters. The van der Waals surface area contributed by atoms with E-state index in [1.54, 1.807) is 66.0 Å². The van der Waals surface area contributed by atoms with Gasteiger partial charge in [-0.05, 0) is 42.0 Å². The summed E-state index contributed by atoms with van der Waals surface area (Å²) >= 11 is 0. The lowest BCUT2D eigenvalue weighted by Crippen LogP contribution is -2.33. The van der Waals surface area contributed by atoms with Crippen molar-refractivity contribution in [2.45, 2.75) is 13.1 Å². The lowest BCUT2D eigenvalue weighted by molar-refractivity contribution is 0.201. The number of benzene rings is 1. The Bertz CT molecular complexity index is 771. The predicted molar refractivity (Wildman–Crippen MR) is 89.3 cm³/mol. The maximum Gasteiger partial charge on any atom is 0.322 e. The first-order chi connectivity index (χ1) is 11.7. The normalized spacial score (nSPS) is 10.3. The van der Waals surface area contributed by atoms with Crippen LogP contribution in [0, 0.1) is 0 Å². The third-order valence-electron chi connectivity index (χ3n) is 3.46. The minimum Gasteiger partial charge on any atom is -0.508 e. The van der Waals surface area contributed by atoms with E-state index in [0.717, 1.165) is 5.56 Å². The van der Waals surface area contributed by atoms with Crippen LogP contribution >= 0.6 is 0 Å². The Morgan fingerprint density at radius 1 is 1.08 bits per heavy atom. The van der Waals surface area contributed by atoms with Crippen molar-refractivity contribution in [1.29, 1.82) is 0 Å². The van der Waals surface area contributed by atoms with Crippen LogP contribution in [0.5, 0.6) is 5.75 Å². The smallest absolute Gasteiger partial charge is 0.322 e. The molecule has 3 rings (SSSR count). The number of pyridine rings is 1. The number of amides is 2. The number of aromatic nitrogens is 1. The number of phenolic OH excluding ortho intramolecular Hbond substituents is 1. The lowest BCUT2D eigenvalue weighted by Gasteiger charge is -2.22. The van der Waals surface area contributed by atoms with Gasteiger partial charge in [-0.3, -0.25) is 4.98 Å². The quantitative estimate of drug-likeness (QED) is 0.752. The average Bonchev–Trinajstić information content (AvgIpc) is 3.10. The fourth-order valence-electron chi connectivity index (χ4n) is 2.25. The lowest BCUT2D eigenvalue weighted by atomic mass is 10.2. The number of hydrogen-bond acceptors (Lipinski definition) is 4. The molecule has 2 amide bonds. The van der Waals surface area contributed by atoms with E-state index >= 15 is 0 Å². The molecule has 3 aromatic rings. The van der Waals surface area contributed by atoms with Crippen LogP contribution in [-0.2, 0) is 13.1 Å². The number of carbonyl (C=O) groups excluding carboxylic acids is 1. The minimum atomic E-state index is -0.245. The number of nitrogens with zero attached hydrogens (tertiary/aromatic N) is 2. The Morgan fingerprint density at radius 2 is 1.83 bits per heavy atom. The van der Waals surface area contributed by atoms with Crippen LogP contribution < -0.4 is 5.32 Å². The fraction of sp³-hybridized carbons (Fsp3) is 0.111. The summed E-state index contributed by atoms with van der Waals surface area (Å²) in [4.78, 5) is 18.2. The first kappa shape index (κ1) is 15.6. The highest BCUT2D eigenvalue weighted by atomic mass is 16.3. The molecule has 24 heavy (non-hydrogen) atoms. The van der Waals surface area contributed by atoms with E-state index in [1.807, 2.05) is 6.07 Å². The highest BCUT2D eigenvalue weighted by Gasteiger charge is 2.16. The third kappa shape index (κ3) is 4.13. The zero-order valence-electron chi connectivity index (χ0n) is 12.9. The molecular formula is C18H17N3O3. The van der Waals surface area contributed by atoms with E-state index in [0.29, 0.717) is 24.5 Å². The number of urea groups is 1. The molecule has 0 spiro atoms. The molecule has 6 heteroatoms. The van der Waals surface area contributed by atoms with E-state index in [4.69, 9.17) is 4.42 Å². The van der Waals surface area contributed by atoms with Crippen molar-refractivity contribution in [2.24, 2.45) is 0 Å². The summed E-state index contributed by atoms with van der Waals surface area (Å²) in [6.45, 7) is 0.725. The molecule has 0 fully saturated rings. The van der Waals surface area contributed by atoms with Crippen LogP contribution in [0.4, 0.5) is 10.5 Å². The van der Waals surface area contributed by atoms with Crippen molar-refractivity contribution in [1.82, 2.24) is 9.88 Å². The molecule has 2 aromatic heterocycles. The standard InChI is InChI=1S/C18H17N3O3/c22-16-5-3-14(4-6-16)12-21(13-17-2-1-11-24-17)18(23)20-15-7-9-19-10-8-15/h1-11,22H,12-13H2,(H,19,20,23). The van der Waals surface area contributed by atoms with Crippen molar-refractivity contribution < 1.29 is 14.3 Å². The van der Waals surface area contributed by atoms with Gasteiger partial charge in [0.2, 0.25) is 0 Å². The number of carbonyl (C=O) groups is 1. The number of anilines is 1. The van der Waals surface area contributed by atoms with Gasteiger partial charge in [0.15, 0.2) is 0 Å². The zero-order chi connectivity index (χ0) is 16.8. The summed E-state index contributed by atoms with van der Waals surface area (Å²) in [5.41, 5.74) is 1.58. The molecule has 0 aliphatic heterocycles. The zero-order valence-corrected chi connectivity index (χ0v) is 12.9. The highest BCUT2D eigenvalue weighted by Crippen LogP contribution is 2.15. The second-order valence-corrected chi connectivity index (χ2v) is 5.27. The number of rotatable bonds is 5. The van der Waals surface area contributed by atoms with Crippen LogP contribution in [0.15, 0.2) is 71.6 Å². The highest BCUT2D eigenvalue weighted by molar-refractivity contribution is 5.89. The van der Waals surface area contributed by atoms with E-state index in [2.05, 4.69) is 10.3 Å². The van der Waals surface area contributed by atoms with Gasteiger partial charge >= 0.3 is 6.03 Å². The first-order valence-corrected chi connectivity index (χ1v) is 7.47. The Hall–Kier alpha value is -3.28. The third-order valence-corrected chi connectivity index (χ3v) is 3.46. The van der Waals surface area contributed by atoms with Crippen molar-refractivity contribution >= 4 is 11.7 Å². The van der Waals surface area contributed by atoms with Gasteiger partial charge in [0.05, 0.1) is 12.8 Å². The van der Waals surface area contributed by atoms with Gasteiger partial charge in [0.1, 0.15) is 11.5 Å². The Labute approximate surface area is 139 Å². The van der Waals surface area contributed by atoms with Crippen LogP contribution in [0.2, 0.25) is 0 Å². The number of phenols is 1. The van der Waals surface area contributed by atoms with Gasteiger partial charge in [-0.2, -0.15) is 0 Å². The van der Waals surface area contributed by atoms with Gasteiger partial charge in [-0.25, -0.2) is 4.79 Å². The number of nitrogens with one attached hydrogen (secondary N) is 1. The van der Waals surface area contributed by atoms with E-state index in [-0.39, 0.29) is 11.8 Å². The predicted octanol–water partition coefficient (Wildman–Crippen LogP) is 3.61. The summed E-state index contributed by atoms with van der Waals surface area (Å²) in [5, 5.41) is 12.2. The minimum absolute atomic E-state index is 0.192. The summed E-state index contributed by atoms with van der Waals surface area (Å²) < 4.78 is 5.35. The molecule has 0 atom stereocenters. The molecule has 0 aliphatic rings. The van der Waals surface area contributed by atoms with Crippen molar-refractivity contribution in [3.8, 4) is 5.75 Å². The molecule has 0 bridgehead atoms. The number of aromatic hydroxyl groups is 1. The second-order valence-electron chi connectivity index (χ2n) is 5.27. The van der Waals surface area contributed by atoms with Gasteiger partial charge in [-0.1, -0.05) is 12.1 Å². The molecule has 0 radical (unpaired) electrons. The van der Waals surface area contributed by atoms with E-state index in [9.17, 15) is 9.90 Å². The van der Waals surface area contributed by atoms with Gasteiger partial charge in [-0.15, -0.1) is 0 Å². The fourth-order valence-corrected chi connectivity index (χ4v) is 2.25. The number of furan rings is 1. The van der Waals surface area contributed by atoms with Gasteiger partial charge < -0.3 is 19.7 Å². The number of hydrogen-bond donors (Lipinski definition) is 2. The molecule has 122 valence electrons. The Morgan fingerprint density at radius 3 is 2.50 bits per heavy atom. The Balaban J connectivity index is 1.75. The van der Waals surface area contributed by atoms with Crippen molar-refractivity contribution in [2.75, 3.05) is 5.32 Å². The van der Waals surface area contributed by atoms with Crippen LogP contribution in [0.1, 0.15) is 11.3 Å². The van der Waals surface area contributed by atoms with Crippen LogP contribution in [0.3, 0.4) is 0 Å². The summed E-state index contributed by atoms with van der Waals surface area (Å²) in [6, 6.07) is 13.6. The van der Waals surface area contributed by atoms with Crippen molar-refractivity contribution in [3.05, 3.63) is 78.5 Å². The summed E-state index contributed by atoms with van der Waals surface area (Å²) in [5.74, 6) is 0.885. The topological polar surface area (TPSA) is 78.6 Å². The average molecular weight is 323 g/mol. The SMILES string of the molecule is O=C(Nc1ccncc1)N(Cc1ccc(O)cc1)Cc1ccco1. The van der Waals surface area contributed by atoms with E-state index < -0.39 is 0 Å². The first-order valence-electron chi connectivity index (χ1n) is 7.47. The molecule has 1 aromatic carbocycles. The molecule has 6 nitrogen and oxygen atoms in total. The van der Waals surface area contributed by atoms with Crippen LogP contribution in [0.25, 0.3) is 0 Å².